The van der Waals surface area contributed by atoms with Gasteiger partial charge in [-0.15, -0.1) is 0 Å². The zero-order chi connectivity index (χ0) is 25.2. The summed E-state index contributed by atoms with van der Waals surface area (Å²) in [4.78, 5) is 57.4. The molecule has 0 aromatic heterocycles. The first-order chi connectivity index (χ1) is 16.8. The van der Waals surface area contributed by atoms with Crippen molar-refractivity contribution in [3.63, 3.8) is 0 Å². The van der Waals surface area contributed by atoms with Gasteiger partial charge < -0.3 is 25.0 Å². The highest BCUT2D eigenvalue weighted by atomic mass is 16.3. The van der Waals surface area contributed by atoms with E-state index in [-0.39, 0.29) is 18.7 Å². The monoisotopic (exact) mass is 485 g/mol. The number of piperazine rings is 1. The molecule has 1 aromatic carbocycles. The van der Waals surface area contributed by atoms with Crippen LogP contribution in [0.15, 0.2) is 18.2 Å². The lowest BCUT2D eigenvalue weighted by molar-refractivity contribution is -0.121. The lowest BCUT2D eigenvalue weighted by Gasteiger charge is -2.43. The summed E-state index contributed by atoms with van der Waals surface area (Å²) >= 11 is 0. The summed E-state index contributed by atoms with van der Waals surface area (Å²) in [6.45, 7) is 5.25. The van der Waals surface area contributed by atoms with Gasteiger partial charge in [0.1, 0.15) is 6.29 Å². The minimum atomic E-state index is -0.986. The van der Waals surface area contributed by atoms with Gasteiger partial charge >= 0.3 is 0 Å². The predicted octanol–water partition coefficient (Wildman–Crippen LogP) is -0.0450. The van der Waals surface area contributed by atoms with Gasteiger partial charge in [0, 0.05) is 59.3 Å². The molecule has 0 bridgehead atoms. The van der Waals surface area contributed by atoms with E-state index in [0.29, 0.717) is 42.7 Å². The van der Waals surface area contributed by atoms with E-state index >= 15 is 0 Å². The molecule has 190 valence electrons. The molecule has 2 N–H and O–H groups in total. The predicted molar refractivity (Wildman–Crippen MR) is 130 cm³/mol. The summed E-state index contributed by atoms with van der Waals surface area (Å²) in [5.74, 6) is -1.24. The third kappa shape index (κ3) is 5.24. The van der Waals surface area contributed by atoms with Gasteiger partial charge in [-0.05, 0) is 38.4 Å². The Balaban J connectivity index is 1.44. The third-order valence-electron chi connectivity index (χ3n) is 7.51. The number of imide groups is 1. The number of nitrogens with zero attached hydrogens (tertiary/aromatic N) is 4. The highest BCUT2D eigenvalue weighted by molar-refractivity contribution is 6.24. The average Bonchev–Trinajstić information content (AvgIpc) is 3.12. The number of benzene rings is 1. The molecule has 3 heterocycles. The molecule has 10 nitrogen and oxygen atoms in total. The molecule has 1 unspecified atom stereocenters. The fraction of sp³-hybridized carbons (Fsp3) is 0.600. The van der Waals surface area contributed by atoms with E-state index in [1.165, 1.54) is 7.05 Å². The van der Waals surface area contributed by atoms with Crippen molar-refractivity contribution in [2.24, 2.45) is 0 Å². The van der Waals surface area contributed by atoms with Crippen molar-refractivity contribution in [3.8, 4) is 0 Å². The molecular weight excluding hydrogens is 450 g/mol. The van der Waals surface area contributed by atoms with Gasteiger partial charge in [-0.1, -0.05) is 6.07 Å². The summed E-state index contributed by atoms with van der Waals surface area (Å²) in [6.07, 6.45) is 2.23. The second-order valence-corrected chi connectivity index (χ2v) is 9.89. The van der Waals surface area contributed by atoms with Crippen molar-refractivity contribution < 1.29 is 24.3 Å². The van der Waals surface area contributed by atoms with Crippen LogP contribution in [0.25, 0.3) is 0 Å². The number of fused-ring (bicyclic) bond motifs is 1. The van der Waals surface area contributed by atoms with Crippen LogP contribution in [0, 0.1) is 0 Å². The van der Waals surface area contributed by atoms with Gasteiger partial charge in [0.2, 0.25) is 5.91 Å². The van der Waals surface area contributed by atoms with Gasteiger partial charge in [0.15, 0.2) is 0 Å². The van der Waals surface area contributed by atoms with Gasteiger partial charge in [-0.3, -0.25) is 24.2 Å². The highest BCUT2D eigenvalue weighted by Gasteiger charge is 2.42. The first-order valence-electron chi connectivity index (χ1n) is 12.3. The number of piperidine rings is 1. The van der Waals surface area contributed by atoms with Crippen molar-refractivity contribution in [2.45, 2.75) is 37.3 Å². The number of hydrogen-bond acceptors (Lipinski definition) is 8. The molecule has 0 aliphatic carbocycles. The largest absolute Gasteiger partial charge is 0.388 e. The number of amides is 3. The van der Waals surface area contributed by atoms with E-state index in [0.717, 1.165) is 43.9 Å². The standard InChI is InChI=1S/C25H35N5O5/c1-26-21(32)7-6-18(16-31)30-23(33)19-4-3-5-20(22(19)24(30)34)29-14-12-28(13-15-29)17-25(35)8-10-27(2)11-9-25/h3-5,16,18,35H,6-15,17H2,1-2H3,(H,26,32). The van der Waals surface area contributed by atoms with Crippen molar-refractivity contribution in [1.29, 1.82) is 0 Å². The minimum absolute atomic E-state index is 0.0464. The van der Waals surface area contributed by atoms with E-state index in [9.17, 15) is 24.3 Å². The van der Waals surface area contributed by atoms with E-state index in [2.05, 4.69) is 27.1 Å². The quantitative estimate of drug-likeness (QED) is 0.390. The first kappa shape index (κ1) is 25.3. The zero-order valence-electron chi connectivity index (χ0n) is 20.5. The number of carbonyl (C=O) groups is 4. The maximum absolute atomic E-state index is 13.4. The topological polar surface area (TPSA) is 114 Å². The summed E-state index contributed by atoms with van der Waals surface area (Å²) in [5.41, 5.74) is 0.648. The summed E-state index contributed by atoms with van der Waals surface area (Å²) < 4.78 is 0. The average molecular weight is 486 g/mol. The lowest BCUT2D eigenvalue weighted by Crippen LogP contribution is -2.55. The van der Waals surface area contributed by atoms with E-state index in [4.69, 9.17) is 0 Å². The van der Waals surface area contributed by atoms with Crippen LogP contribution in [0.2, 0.25) is 0 Å². The Hall–Kier alpha value is -2.82. The molecule has 0 radical (unpaired) electrons. The van der Waals surface area contributed by atoms with Crippen molar-refractivity contribution in [2.75, 3.05) is 64.8 Å². The van der Waals surface area contributed by atoms with Crippen LogP contribution in [-0.2, 0) is 9.59 Å². The Morgan fingerprint density at radius 2 is 1.80 bits per heavy atom. The van der Waals surface area contributed by atoms with Crippen molar-refractivity contribution in [1.82, 2.24) is 20.0 Å². The Bertz CT molecular complexity index is 982. The Morgan fingerprint density at radius 1 is 1.11 bits per heavy atom. The van der Waals surface area contributed by atoms with Crippen LogP contribution in [0.1, 0.15) is 46.4 Å². The number of rotatable bonds is 8. The maximum atomic E-state index is 13.4. The molecule has 2 saturated heterocycles. The summed E-state index contributed by atoms with van der Waals surface area (Å²) in [7, 11) is 3.57. The molecule has 0 saturated carbocycles. The number of β-amino-alcohol motifs (C(OH)–C–C–N with tert-alkyl or cyclic N) is 1. The normalized spacial score (nSPS) is 21.7. The molecule has 4 rings (SSSR count). The van der Waals surface area contributed by atoms with E-state index < -0.39 is 23.5 Å². The summed E-state index contributed by atoms with van der Waals surface area (Å²) in [6, 6.07) is 4.23. The van der Waals surface area contributed by atoms with Crippen LogP contribution in [0.4, 0.5) is 5.69 Å². The molecule has 3 aliphatic rings. The van der Waals surface area contributed by atoms with E-state index in [1.807, 2.05) is 6.07 Å². The SMILES string of the molecule is CNC(=O)CCC(C=O)N1C(=O)c2cccc(N3CCN(CC4(O)CCN(C)CC4)CC3)c2C1=O. The van der Waals surface area contributed by atoms with Crippen LogP contribution < -0.4 is 10.2 Å². The number of aliphatic hydroxyl groups is 1. The van der Waals surface area contributed by atoms with Crippen molar-refractivity contribution >= 4 is 29.7 Å². The van der Waals surface area contributed by atoms with Crippen LogP contribution >= 0.6 is 0 Å². The molecule has 2 fully saturated rings. The number of anilines is 1. The molecule has 0 spiro atoms. The van der Waals surface area contributed by atoms with Crippen LogP contribution in [0.5, 0.6) is 0 Å². The van der Waals surface area contributed by atoms with Crippen LogP contribution in [-0.4, -0.2) is 115 Å². The van der Waals surface area contributed by atoms with E-state index in [1.54, 1.807) is 12.1 Å². The number of carbonyl (C=O) groups excluding carboxylic acids is 4. The molecular formula is C25H35N5O5. The van der Waals surface area contributed by atoms with Crippen molar-refractivity contribution in [3.05, 3.63) is 29.3 Å². The third-order valence-corrected chi connectivity index (χ3v) is 7.51. The van der Waals surface area contributed by atoms with Gasteiger partial charge in [0.25, 0.3) is 11.8 Å². The Kier molecular flexibility index (Phi) is 7.53. The molecule has 3 amide bonds. The highest BCUT2D eigenvalue weighted by Crippen LogP contribution is 2.34. The molecule has 1 aromatic rings. The molecule has 10 heteroatoms. The second-order valence-electron chi connectivity index (χ2n) is 9.89. The fourth-order valence-corrected chi connectivity index (χ4v) is 5.27. The molecule has 3 aliphatic heterocycles. The Labute approximate surface area is 205 Å². The molecule has 1 atom stereocenters. The first-order valence-corrected chi connectivity index (χ1v) is 12.3. The summed E-state index contributed by atoms with van der Waals surface area (Å²) in [5, 5.41) is 13.5. The van der Waals surface area contributed by atoms with Gasteiger partial charge in [-0.25, -0.2) is 0 Å². The molecule has 35 heavy (non-hydrogen) atoms. The maximum Gasteiger partial charge on any atom is 0.264 e. The van der Waals surface area contributed by atoms with Gasteiger partial charge in [0.05, 0.1) is 28.5 Å². The Morgan fingerprint density at radius 3 is 2.43 bits per heavy atom. The second kappa shape index (κ2) is 10.4. The van der Waals surface area contributed by atoms with Gasteiger partial charge in [-0.2, -0.15) is 0 Å². The zero-order valence-corrected chi connectivity index (χ0v) is 20.5. The smallest absolute Gasteiger partial charge is 0.264 e. The van der Waals surface area contributed by atoms with Crippen LogP contribution in [0.3, 0.4) is 0 Å². The fourth-order valence-electron chi connectivity index (χ4n) is 5.27. The lowest BCUT2D eigenvalue weighted by atomic mass is 9.91. The minimum Gasteiger partial charge on any atom is -0.388 e. The number of nitrogens with one attached hydrogen (secondary N) is 1. The number of hydrogen-bond donors (Lipinski definition) is 2. The number of aldehydes is 1. The number of likely N-dealkylation sites (tertiary alicyclic amines) is 1.